The van der Waals surface area contributed by atoms with Gasteiger partial charge in [0, 0.05) is 10.6 Å². The van der Waals surface area contributed by atoms with Crippen molar-refractivity contribution in [1.29, 1.82) is 0 Å². The van der Waals surface area contributed by atoms with Crippen LogP contribution in [-0.2, 0) is 11.3 Å². The molecule has 0 fully saturated rings. The Morgan fingerprint density at radius 2 is 2.11 bits per heavy atom. The molecule has 6 heteroatoms. The molecule has 1 aromatic rings. The molecule has 0 amide bonds. The van der Waals surface area contributed by atoms with Crippen molar-refractivity contribution in [2.75, 3.05) is 0 Å². The van der Waals surface area contributed by atoms with Crippen molar-refractivity contribution in [2.24, 2.45) is 5.73 Å². The van der Waals surface area contributed by atoms with Crippen LogP contribution < -0.4 is 5.73 Å². The van der Waals surface area contributed by atoms with Gasteiger partial charge in [-0.2, -0.15) is 0 Å². The van der Waals surface area contributed by atoms with E-state index in [2.05, 4.69) is 15.9 Å². The van der Waals surface area contributed by atoms with Gasteiger partial charge in [-0.3, -0.25) is 10.1 Å². The molecule has 0 saturated heterocycles. The molecule has 2 rings (SSSR count). The van der Waals surface area contributed by atoms with Gasteiger partial charge in [-0.05, 0) is 11.6 Å². The predicted octanol–water partition coefficient (Wildman–Crippen LogP) is 2.35. The van der Waals surface area contributed by atoms with Gasteiger partial charge < -0.3 is 10.5 Å². The van der Waals surface area contributed by atoms with Crippen LogP contribution in [0.2, 0.25) is 0 Å². The molecule has 0 aliphatic heterocycles. The summed E-state index contributed by atoms with van der Waals surface area (Å²) in [4.78, 5) is 10.9. The second-order valence-electron chi connectivity index (χ2n) is 4.20. The highest BCUT2D eigenvalue weighted by Crippen LogP contribution is 2.29. The van der Waals surface area contributed by atoms with Crippen molar-refractivity contribution in [2.45, 2.75) is 18.4 Å². The third kappa shape index (κ3) is 2.91. The van der Waals surface area contributed by atoms with E-state index in [1.807, 2.05) is 30.3 Å². The minimum Gasteiger partial charge on any atom is -0.316 e. The largest absolute Gasteiger partial charge is 0.364 e. The summed E-state index contributed by atoms with van der Waals surface area (Å²) in [5.74, 6) is 0. The number of ether oxygens (including phenoxy) is 1. The molecule has 0 heterocycles. The second-order valence-corrected chi connectivity index (χ2v) is 5.11. The van der Waals surface area contributed by atoms with Crippen LogP contribution in [0.15, 0.2) is 53.0 Å². The molecule has 0 saturated carbocycles. The first-order chi connectivity index (χ1) is 9.04. The SMILES string of the molecule is NC1C=CC(Br)=CC1(OCc1ccccc1)[N+](=O)[O-]. The highest BCUT2D eigenvalue weighted by Gasteiger charge is 2.49. The molecule has 0 bridgehead atoms. The number of benzene rings is 1. The van der Waals surface area contributed by atoms with Crippen molar-refractivity contribution in [3.63, 3.8) is 0 Å². The molecule has 1 aromatic carbocycles. The molecule has 2 unspecified atom stereocenters. The zero-order valence-corrected chi connectivity index (χ0v) is 11.6. The summed E-state index contributed by atoms with van der Waals surface area (Å²) in [7, 11) is 0. The topological polar surface area (TPSA) is 78.4 Å². The number of nitrogens with zero attached hydrogens (tertiary/aromatic N) is 1. The molecular formula is C13H13BrN2O3. The fourth-order valence-electron chi connectivity index (χ4n) is 1.81. The number of allylic oxidation sites excluding steroid dienone is 2. The zero-order chi connectivity index (χ0) is 13.9. The van der Waals surface area contributed by atoms with Crippen molar-refractivity contribution >= 4 is 15.9 Å². The van der Waals surface area contributed by atoms with Crippen molar-refractivity contribution in [3.8, 4) is 0 Å². The van der Waals surface area contributed by atoms with E-state index in [-0.39, 0.29) is 6.61 Å². The molecular weight excluding hydrogens is 312 g/mol. The van der Waals surface area contributed by atoms with E-state index in [9.17, 15) is 10.1 Å². The minimum atomic E-state index is -1.73. The molecule has 2 N–H and O–H groups in total. The third-order valence-electron chi connectivity index (χ3n) is 2.88. The molecule has 0 aromatic heterocycles. The first kappa shape index (κ1) is 13.9. The number of nitro groups is 1. The van der Waals surface area contributed by atoms with Gasteiger partial charge in [0.25, 0.3) is 0 Å². The summed E-state index contributed by atoms with van der Waals surface area (Å²) in [6.07, 6.45) is 4.62. The Morgan fingerprint density at radius 1 is 1.42 bits per heavy atom. The number of nitrogens with two attached hydrogens (primary N) is 1. The maximum Gasteiger partial charge on any atom is 0.364 e. The van der Waals surface area contributed by atoms with Gasteiger partial charge in [0.05, 0.1) is 11.5 Å². The monoisotopic (exact) mass is 324 g/mol. The van der Waals surface area contributed by atoms with Gasteiger partial charge >= 0.3 is 5.72 Å². The summed E-state index contributed by atoms with van der Waals surface area (Å²) in [5.41, 5.74) is 4.95. The molecule has 2 atom stereocenters. The van der Waals surface area contributed by atoms with Crippen LogP contribution in [0, 0.1) is 10.1 Å². The Balaban J connectivity index is 2.22. The Labute approximate surface area is 119 Å². The maximum atomic E-state index is 11.4. The summed E-state index contributed by atoms with van der Waals surface area (Å²) in [5, 5.41) is 11.4. The molecule has 19 heavy (non-hydrogen) atoms. The van der Waals surface area contributed by atoms with E-state index < -0.39 is 16.7 Å². The van der Waals surface area contributed by atoms with Gasteiger partial charge in [-0.1, -0.05) is 52.3 Å². The maximum absolute atomic E-state index is 11.4. The highest BCUT2D eigenvalue weighted by molar-refractivity contribution is 9.11. The number of halogens is 1. The summed E-state index contributed by atoms with van der Waals surface area (Å²) < 4.78 is 6.10. The van der Waals surface area contributed by atoms with Crippen LogP contribution in [0.4, 0.5) is 0 Å². The zero-order valence-electron chi connectivity index (χ0n) is 10.0. The minimum absolute atomic E-state index is 0.125. The quantitative estimate of drug-likeness (QED) is 0.524. The molecule has 5 nitrogen and oxygen atoms in total. The Kier molecular flexibility index (Phi) is 4.14. The van der Waals surface area contributed by atoms with E-state index in [1.54, 1.807) is 12.2 Å². The van der Waals surface area contributed by atoms with Crippen molar-refractivity contribution in [3.05, 3.63) is 68.7 Å². The van der Waals surface area contributed by atoms with Crippen molar-refractivity contribution in [1.82, 2.24) is 0 Å². The Hall–Kier alpha value is -1.50. The third-order valence-corrected chi connectivity index (χ3v) is 3.38. The van der Waals surface area contributed by atoms with Crippen LogP contribution >= 0.6 is 15.9 Å². The second kappa shape index (κ2) is 5.64. The number of hydrogen-bond donors (Lipinski definition) is 1. The molecule has 0 spiro atoms. The lowest BCUT2D eigenvalue weighted by molar-refractivity contribution is -0.617. The van der Waals surface area contributed by atoms with Crippen molar-refractivity contribution < 1.29 is 9.66 Å². The first-order valence-corrected chi connectivity index (χ1v) is 6.48. The normalized spacial score (nSPS) is 26.0. The van der Waals surface area contributed by atoms with E-state index in [4.69, 9.17) is 10.5 Å². The van der Waals surface area contributed by atoms with Crippen LogP contribution in [-0.4, -0.2) is 16.7 Å². The van der Waals surface area contributed by atoms with E-state index >= 15 is 0 Å². The standard InChI is InChI=1S/C13H13BrN2O3/c14-11-6-7-12(15)13(8-11,16(17)18)19-9-10-4-2-1-3-5-10/h1-8,12H,9,15H2. The predicted molar refractivity (Wildman–Crippen MR) is 75.1 cm³/mol. The van der Waals surface area contributed by atoms with Crippen LogP contribution in [0.1, 0.15) is 5.56 Å². The summed E-state index contributed by atoms with van der Waals surface area (Å²) >= 11 is 3.22. The fourth-order valence-corrected chi connectivity index (χ4v) is 2.29. The van der Waals surface area contributed by atoms with Gasteiger partial charge in [0.1, 0.15) is 6.04 Å². The Morgan fingerprint density at radius 3 is 2.74 bits per heavy atom. The fraction of sp³-hybridized carbons (Fsp3) is 0.231. The smallest absolute Gasteiger partial charge is 0.316 e. The van der Waals surface area contributed by atoms with Crippen LogP contribution in [0.5, 0.6) is 0 Å². The molecule has 0 radical (unpaired) electrons. The summed E-state index contributed by atoms with van der Waals surface area (Å²) in [6.45, 7) is 0.125. The van der Waals surface area contributed by atoms with E-state index in [0.29, 0.717) is 4.48 Å². The average molecular weight is 325 g/mol. The van der Waals surface area contributed by atoms with E-state index in [1.165, 1.54) is 6.08 Å². The van der Waals surface area contributed by atoms with Gasteiger partial charge in [0.15, 0.2) is 0 Å². The van der Waals surface area contributed by atoms with Gasteiger partial charge in [-0.15, -0.1) is 0 Å². The molecule has 1 aliphatic rings. The van der Waals surface area contributed by atoms with E-state index in [0.717, 1.165) is 5.56 Å². The first-order valence-electron chi connectivity index (χ1n) is 5.69. The number of hydrogen-bond acceptors (Lipinski definition) is 4. The summed E-state index contributed by atoms with van der Waals surface area (Å²) in [6, 6.07) is 8.44. The van der Waals surface area contributed by atoms with Gasteiger partial charge in [0.2, 0.25) is 0 Å². The molecule has 1 aliphatic carbocycles. The number of rotatable bonds is 4. The average Bonchev–Trinajstić information content (AvgIpc) is 2.41. The highest BCUT2D eigenvalue weighted by atomic mass is 79.9. The Bertz CT molecular complexity index is 530. The lowest BCUT2D eigenvalue weighted by Gasteiger charge is -2.28. The lowest BCUT2D eigenvalue weighted by Crippen LogP contribution is -2.54. The van der Waals surface area contributed by atoms with Crippen LogP contribution in [0.25, 0.3) is 0 Å². The molecule has 100 valence electrons. The van der Waals surface area contributed by atoms with Crippen LogP contribution in [0.3, 0.4) is 0 Å². The lowest BCUT2D eigenvalue weighted by atomic mass is 10.00. The van der Waals surface area contributed by atoms with Gasteiger partial charge in [-0.25, -0.2) is 0 Å².